The fraction of sp³-hybridized carbons (Fsp3) is 0.182. The van der Waals surface area contributed by atoms with Crippen LogP contribution in [-0.2, 0) is 16.6 Å². The molecule has 2 aromatic carbocycles. The van der Waals surface area contributed by atoms with Gasteiger partial charge in [0.2, 0.25) is 15.8 Å². The zero-order valence-electron chi connectivity index (χ0n) is 17.9. The van der Waals surface area contributed by atoms with Crippen LogP contribution in [0.4, 0.5) is 5.69 Å². The third-order valence-electron chi connectivity index (χ3n) is 4.91. The number of nitrogens with one attached hydrogen (secondary N) is 1. The Kier molecular flexibility index (Phi) is 6.09. The smallest absolute Gasteiger partial charge is 0.263 e. The van der Waals surface area contributed by atoms with Crippen molar-refractivity contribution in [3.05, 3.63) is 77.1 Å². The molecule has 9 nitrogen and oxygen atoms in total. The van der Waals surface area contributed by atoms with E-state index in [1.807, 2.05) is 12.1 Å². The zero-order chi connectivity index (χ0) is 23.8. The fourth-order valence-electron chi connectivity index (χ4n) is 3.47. The van der Waals surface area contributed by atoms with Crippen LogP contribution in [0, 0.1) is 0 Å². The summed E-state index contributed by atoms with van der Waals surface area (Å²) >= 11 is 1.23. The molecule has 0 saturated carbocycles. The molecule has 4 aromatic rings. The predicted octanol–water partition coefficient (Wildman–Crippen LogP) is 2.97. The third kappa shape index (κ3) is 4.55. The molecule has 11 heteroatoms. The van der Waals surface area contributed by atoms with Crippen molar-refractivity contribution in [2.45, 2.75) is 23.9 Å². The van der Waals surface area contributed by atoms with Gasteiger partial charge in [-0.25, -0.2) is 8.42 Å². The summed E-state index contributed by atoms with van der Waals surface area (Å²) in [5.41, 5.74) is 1.29. The van der Waals surface area contributed by atoms with Gasteiger partial charge in [-0.3, -0.25) is 23.3 Å². The molecular weight excluding hydrogens is 462 g/mol. The molecule has 0 spiro atoms. The van der Waals surface area contributed by atoms with E-state index in [0.717, 1.165) is 6.26 Å². The number of carbonyl (C=O) groups excluding carboxylic acids is 1. The number of sulfonamides is 1. The molecule has 1 N–H and O–H groups in total. The first kappa shape index (κ1) is 22.7. The van der Waals surface area contributed by atoms with Gasteiger partial charge in [0.25, 0.3) is 5.56 Å². The summed E-state index contributed by atoms with van der Waals surface area (Å²) < 4.78 is 28.4. The molecule has 0 saturated heterocycles. The molecule has 1 unspecified atom stereocenters. The highest BCUT2D eigenvalue weighted by atomic mass is 32.2. The normalized spacial score (nSPS) is 12.7. The summed E-state index contributed by atoms with van der Waals surface area (Å²) in [6.45, 7) is 5.76. The molecule has 0 fully saturated rings. The molecule has 170 valence electrons. The highest BCUT2D eigenvalue weighted by Crippen LogP contribution is 2.27. The van der Waals surface area contributed by atoms with E-state index in [1.165, 1.54) is 16.3 Å². The maximum Gasteiger partial charge on any atom is 0.263 e. The lowest BCUT2D eigenvalue weighted by Crippen LogP contribution is -2.23. The highest BCUT2D eigenvalue weighted by Gasteiger charge is 2.22. The van der Waals surface area contributed by atoms with E-state index in [4.69, 9.17) is 0 Å². The van der Waals surface area contributed by atoms with Gasteiger partial charge in [-0.05, 0) is 43.3 Å². The van der Waals surface area contributed by atoms with Crippen molar-refractivity contribution in [3.8, 4) is 0 Å². The largest absolute Gasteiger partial charge is 0.293 e. The second kappa shape index (κ2) is 8.83. The number of para-hydroxylation sites is 1. The van der Waals surface area contributed by atoms with Gasteiger partial charge in [0.05, 0.1) is 22.4 Å². The SMILES string of the molecule is C=CCn1c(=O)c2ccccc2n2c(SC(C)C(=O)c3ccc(NS(C)(=O)=O)cc3)nnc12. The first-order valence-corrected chi connectivity index (χ1v) is 12.7. The Labute approximate surface area is 194 Å². The van der Waals surface area contributed by atoms with Crippen LogP contribution in [0.15, 0.2) is 71.1 Å². The Morgan fingerprint density at radius 3 is 2.55 bits per heavy atom. The first-order chi connectivity index (χ1) is 15.7. The second-order valence-corrected chi connectivity index (χ2v) is 10.5. The standard InChI is InChI=1S/C22H21N5O4S2/c1-4-13-26-20(29)17-7-5-6-8-18(17)27-21(26)23-24-22(27)32-14(2)19(28)15-9-11-16(12-10-15)25-33(3,30)31/h4-12,14,25H,1,13H2,2-3H3. The van der Waals surface area contributed by atoms with E-state index in [9.17, 15) is 18.0 Å². The van der Waals surface area contributed by atoms with Gasteiger partial charge in [-0.15, -0.1) is 16.8 Å². The molecule has 2 heterocycles. The third-order valence-corrected chi connectivity index (χ3v) is 6.56. The lowest BCUT2D eigenvalue weighted by atomic mass is 10.1. The van der Waals surface area contributed by atoms with Crippen LogP contribution in [0.1, 0.15) is 17.3 Å². The number of nitrogens with zero attached hydrogens (tertiary/aromatic N) is 4. The monoisotopic (exact) mass is 483 g/mol. The first-order valence-electron chi connectivity index (χ1n) is 9.96. The lowest BCUT2D eigenvalue weighted by molar-refractivity contribution is 0.0994. The summed E-state index contributed by atoms with van der Waals surface area (Å²) in [5, 5.41) is 8.95. The topological polar surface area (TPSA) is 115 Å². The molecule has 4 rings (SSSR count). The summed E-state index contributed by atoms with van der Waals surface area (Å²) in [4.78, 5) is 25.9. The number of hydrogen-bond acceptors (Lipinski definition) is 7. The summed E-state index contributed by atoms with van der Waals surface area (Å²) in [5.74, 6) is 0.225. The van der Waals surface area contributed by atoms with Crippen molar-refractivity contribution in [1.29, 1.82) is 0 Å². The Bertz CT molecular complexity index is 1540. The van der Waals surface area contributed by atoms with Gasteiger partial charge >= 0.3 is 0 Å². The number of carbonyl (C=O) groups is 1. The van der Waals surface area contributed by atoms with Gasteiger partial charge in [-0.1, -0.05) is 30.0 Å². The molecular formula is C22H21N5O4S2. The van der Waals surface area contributed by atoms with E-state index in [0.29, 0.717) is 33.1 Å². The van der Waals surface area contributed by atoms with Gasteiger partial charge in [0.15, 0.2) is 10.9 Å². The summed E-state index contributed by atoms with van der Waals surface area (Å²) in [6, 6.07) is 13.4. The fourth-order valence-corrected chi connectivity index (χ4v) is 4.96. The number of anilines is 1. The number of thioether (sulfide) groups is 1. The molecule has 0 radical (unpaired) electrons. The minimum absolute atomic E-state index is 0.147. The van der Waals surface area contributed by atoms with Crippen LogP contribution in [-0.4, -0.2) is 44.9 Å². The van der Waals surface area contributed by atoms with E-state index in [2.05, 4.69) is 21.5 Å². The number of hydrogen-bond donors (Lipinski definition) is 1. The predicted molar refractivity (Wildman–Crippen MR) is 130 cm³/mol. The maximum absolute atomic E-state index is 13.0. The Morgan fingerprint density at radius 2 is 1.88 bits per heavy atom. The summed E-state index contributed by atoms with van der Waals surface area (Å²) in [7, 11) is -3.40. The number of aromatic nitrogens is 4. The molecule has 2 aromatic heterocycles. The maximum atomic E-state index is 13.0. The molecule has 0 aliphatic carbocycles. The van der Waals surface area contributed by atoms with Gasteiger partial charge in [0.1, 0.15) is 0 Å². The molecule has 0 aliphatic rings. The van der Waals surface area contributed by atoms with Crippen molar-refractivity contribution >= 4 is 49.9 Å². The van der Waals surface area contributed by atoms with Crippen LogP contribution < -0.4 is 10.3 Å². The minimum Gasteiger partial charge on any atom is -0.293 e. The molecule has 1 atom stereocenters. The quantitative estimate of drug-likeness (QED) is 0.233. The molecule has 0 aliphatic heterocycles. The Morgan fingerprint density at radius 1 is 1.18 bits per heavy atom. The van der Waals surface area contributed by atoms with Crippen LogP contribution in [0.5, 0.6) is 0 Å². The van der Waals surface area contributed by atoms with Crippen molar-refractivity contribution in [2.24, 2.45) is 0 Å². The van der Waals surface area contributed by atoms with E-state index in [-0.39, 0.29) is 17.9 Å². The number of benzene rings is 2. The Hall–Kier alpha value is -3.44. The number of rotatable bonds is 8. The average molecular weight is 484 g/mol. The van der Waals surface area contributed by atoms with Crippen LogP contribution in [0.2, 0.25) is 0 Å². The van der Waals surface area contributed by atoms with Crippen LogP contribution >= 0.6 is 11.8 Å². The summed E-state index contributed by atoms with van der Waals surface area (Å²) in [6.07, 6.45) is 2.68. The van der Waals surface area contributed by atoms with Crippen LogP contribution in [0.3, 0.4) is 0 Å². The number of fused-ring (bicyclic) bond motifs is 3. The van der Waals surface area contributed by atoms with Crippen molar-refractivity contribution in [2.75, 3.05) is 11.0 Å². The van der Waals surface area contributed by atoms with E-state index < -0.39 is 15.3 Å². The molecule has 0 amide bonds. The second-order valence-electron chi connectivity index (χ2n) is 7.42. The van der Waals surface area contributed by atoms with Crippen LogP contribution in [0.25, 0.3) is 16.7 Å². The highest BCUT2D eigenvalue weighted by molar-refractivity contribution is 8.00. The molecule has 0 bridgehead atoms. The van der Waals surface area contributed by atoms with Crippen molar-refractivity contribution in [1.82, 2.24) is 19.2 Å². The van der Waals surface area contributed by atoms with Gasteiger partial charge < -0.3 is 0 Å². The number of Topliss-reactive ketones (excluding diaryl/α,β-unsaturated/α-hetero) is 1. The van der Waals surface area contributed by atoms with Crippen molar-refractivity contribution in [3.63, 3.8) is 0 Å². The number of allylic oxidation sites excluding steroid dienone is 1. The van der Waals surface area contributed by atoms with Gasteiger partial charge in [-0.2, -0.15) is 0 Å². The molecule has 33 heavy (non-hydrogen) atoms. The van der Waals surface area contributed by atoms with E-state index in [1.54, 1.807) is 53.8 Å². The average Bonchev–Trinajstić information content (AvgIpc) is 3.19. The minimum atomic E-state index is -3.40. The zero-order valence-corrected chi connectivity index (χ0v) is 19.6. The van der Waals surface area contributed by atoms with Gasteiger partial charge in [0, 0.05) is 17.8 Å². The van der Waals surface area contributed by atoms with Crippen molar-refractivity contribution < 1.29 is 13.2 Å². The Balaban J connectivity index is 1.68. The lowest BCUT2D eigenvalue weighted by Gasteiger charge is -2.12. The van der Waals surface area contributed by atoms with E-state index >= 15 is 0 Å². The number of ketones is 1.